The SMILES string of the molecule is CCOC(=O)C(C=NNC(=O)c1ccccn1)=C(O)c1ccccc1. The number of esters is 1. The van der Waals surface area contributed by atoms with E-state index in [-0.39, 0.29) is 23.6 Å². The number of carbonyl (C=O) groups is 2. The topological polar surface area (TPSA) is 101 Å². The van der Waals surface area contributed by atoms with Crippen LogP contribution in [0.3, 0.4) is 0 Å². The number of pyridine rings is 1. The van der Waals surface area contributed by atoms with Gasteiger partial charge in [0.05, 0.1) is 12.8 Å². The van der Waals surface area contributed by atoms with Crippen LogP contribution in [0.4, 0.5) is 0 Å². The first-order chi connectivity index (χ1) is 12.1. The number of aliphatic hydroxyl groups excluding tert-OH is 1. The van der Waals surface area contributed by atoms with Crippen LogP contribution in [-0.4, -0.2) is 34.8 Å². The van der Waals surface area contributed by atoms with Gasteiger partial charge in [0.15, 0.2) is 0 Å². The molecule has 1 amide bonds. The Morgan fingerprint density at radius 3 is 2.56 bits per heavy atom. The molecule has 25 heavy (non-hydrogen) atoms. The van der Waals surface area contributed by atoms with Crippen molar-refractivity contribution >= 4 is 23.9 Å². The molecule has 0 unspecified atom stereocenters. The van der Waals surface area contributed by atoms with Crippen LogP contribution in [0.15, 0.2) is 65.4 Å². The van der Waals surface area contributed by atoms with E-state index in [4.69, 9.17) is 4.74 Å². The van der Waals surface area contributed by atoms with Gasteiger partial charge in [-0.25, -0.2) is 10.2 Å². The second-order valence-electron chi connectivity index (χ2n) is 4.76. The third-order valence-corrected chi connectivity index (χ3v) is 3.05. The summed E-state index contributed by atoms with van der Waals surface area (Å²) < 4.78 is 4.92. The average molecular weight is 339 g/mol. The fourth-order valence-corrected chi connectivity index (χ4v) is 1.88. The molecular weight excluding hydrogens is 322 g/mol. The maximum atomic E-state index is 12.0. The van der Waals surface area contributed by atoms with E-state index >= 15 is 0 Å². The summed E-state index contributed by atoms with van der Waals surface area (Å²) in [5.41, 5.74) is 2.67. The normalized spacial score (nSPS) is 11.7. The number of aliphatic hydroxyl groups is 1. The summed E-state index contributed by atoms with van der Waals surface area (Å²) in [7, 11) is 0. The second-order valence-corrected chi connectivity index (χ2v) is 4.76. The lowest BCUT2D eigenvalue weighted by Gasteiger charge is -2.06. The Balaban J connectivity index is 2.22. The molecule has 0 fully saturated rings. The molecule has 0 aliphatic rings. The van der Waals surface area contributed by atoms with Crippen LogP contribution >= 0.6 is 0 Å². The fourth-order valence-electron chi connectivity index (χ4n) is 1.88. The van der Waals surface area contributed by atoms with Gasteiger partial charge in [0, 0.05) is 11.8 Å². The first-order valence-corrected chi connectivity index (χ1v) is 7.53. The van der Waals surface area contributed by atoms with Crippen LogP contribution in [-0.2, 0) is 9.53 Å². The van der Waals surface area contributed by atoms with Crippen molar-refractivity contribution in [3.8, 4) is 0 Å². The van der Waals surface area contributed by atoms with Gasteiger partial charge in [0.2, 0.25) is 0 Å². The minimum Gasteiger partial charge on any atom is -0.506 e. The zero-order valence-electron chi connectivity index (χ0n) is 13.5. The molecule has 2 aromatic rings. The number of carbonyl (C=O) groups excluding carboxylic acids is 2. The Labute approximate surface area is 144 Å². The molecule has 1 heterocycles. The summed E-state index contributed by atoms with van der Waals surface area (Å²) in [4.78, 5) is 27.8. The quantitative estimate of drug-likeness (QED) is 0.276. The highest BCUT2D eigenvalue weighted by molar-refractivity contribution is 6.15. The van der Waals surface area contributed by atoms with Crippen molar-refractivity contribution in [2.75, 3.05) is 6.61 Å². The van der Waals surface area contributed by atoms with Crippen molar-refractivity contribution in [1.82, 2.24) is 10.4 Å². The van der Waals surface area contributed by atoms with Gasteiger partial charge in [-0.3, -0.25) is 9.78 Å². The van der Waals surface area contributed by atoms with Gasteiger partial charge in [-0.2, -0.15) is 5.10 Å². The molecule has 7 nitrogen and oxygen atoms in total. The van der Waals surface area contributed by atoms with Crippen molar-refractivity contribution in [3.05, 3.63) is 71.6 Å². The molecule has 2 rings (SSSR count). The number of benzene rings is 1. The minimum atomic E-state index is -0.750. The minimum absolute atomic E-state index is 0.137. The van der Waals surface area contributed by atoms with Gasteiger partial charge in [-0.1, -0.05) is 36.4 Å². The molecule has 7 heteroatoms. The van der Waals surface area contributed by atoms with Gasteiger partial charge in [-0.05, 0) is 19.1 Å². The number of rotatable bonds is 6. The van der Waals surface area contributed by atoms with Crippen LogP contribution in [0.5, 0.6) is 0 Å². The van der Waals surface area contributed by atoms with Gasteiger partial charge in [0.25, 0.3) is 5.91 Å². The number of hydrogen-bond acceptors (Lipinski definition) is 6. The Hall–Kier alpha value is -3.48. The predicted molar refractivity (Wildman–Crippen MR) is 92.8 cm³/mol. The average Bonchev–Trinajstić information content (AvgIpc) is 2.66. The molecule has 0 bridgehead atoms. The monoisotopic (exact) mass is 339 g/mol. The smallest absolute Gasteiger partial charge is 0.343 e. The maximum Gasteiger partial charge on any atom is 0.343 e. The highest BCUT2D eigenvalue weighted by atomic mass is 16.5. The molecular formula is C18H17N3O4. The Morgan fingerprint density at radius 2 is 1.92 bits per heavy atom. The van der Waals surface area contributed by atoms with E-state index in [2.05, 4.69) is 15.5 Å². The first kappa shape index (κ1) is 17.9. The van der Waals surface area contributed by atoms with Crippen LogP contribution in [0, 0.1) is 0 Å². The molecule has 1 aromatic heterocycles. The molecule has 0 atom stereocenters. The van der Waals surface area contributed by atoms with Crippen molar-refractivity contribution in [2.24, 2.45) is 5.10 Å². The van der Waals surface area contributed by atoms with Gasteiger partial charge < -0.3 is 9.84 Å². The molecule has 0 aliphatic carbocycles. The molecule has 0 aliphatic heterocycles. The molecule has 0 saturated carbocycles. The second kappa shape index (κ2) is 8.97. The number of aromatic nitrogens is 1. The van der Waals surface area contributed by atoms with Crippen LogP contribution < -0.4 is 5.43 Å². The molecule has 0 spiro atoms. The number of nitrogens with one attached hydrogen (secondary N) is 1. The first-order valence-electron chi connectivity index (χ1n) is 7.53. The lowest BCUT2D eigenvalue weighted by molar-refractivity contribution is -0.137. The lowest BCUT2D eigenvalue weighted by atomic mass is 10.1. The van der Waals surface area contributed by atoms with Crippen molar-refractivity contribution in [1.29, 1.82) is 0 Å². The summed E-state index contributed by atoms with van der Waals surface area (Å²) in [6, 6.07) is 13.3. The molecule has 128 valence electrons. The van der Waals surface area contributed by atoms with Gasteiger partial charge in [-0.15, -0.1) is 0 Å². The van der Waals surface area contributed by atoms with E-state index < -0.39 is 11.9 Å². The number of ether oxygens (including phenoxy) is 1. The van der Waals surface area contributed by atoms with Crippen molar-refractivity contribution in [2.45, 2.75) is 6.92 Å². The van der Waals surface area contributed by atoms with Crippen LogP contribution in [0.25, 0.3) is 5.76 Å². The number of nitrogens with zero attached hydrogens (tertiary/aromatic N) is 2. The van der Waals surface area contributed by atoms with E-state index in [9.17, 15) is 14.7 Å². The van der Waals surface area contributed by atoms with Gasteiger partial charge in [0.1, 0.15) is 17.0 Å². The summed E-state index contributed by atoms with van der Waals surface area (Å²) in [5, 5.41) is 14.0. The lowest BCUT2D eigenvalue weighted by Crippen LogP contribution is -2.20. The van der Waals surface area contributed by atoms with E-state index in [1.54, 1.807) is 49.4 Å². The standard InChI is InChI=1S/C18H17N3O4/c1-2-25-18(24)14(16(22)13-8-4-3-5-9-13)12-20-21-17(23)15-10-6-7-11-19-15/h3-12,22H,2H2,1H3,(H,21,23). The summed E-state index contributed by atoms with van der Waals surface area (Å²) in [5.74, 6) is -1.59. The number of hydrazone groups is 1. The largest absolute Gasteiger partial charge is 0.506 e. The van der Waals surface area contributed by atoms with Crippen LogP contribution in [0.2, 0.25) is 0 Å². The fraction of sp³-hybridized carbons (Fsp3) is 0.111. The van der Waals surface area contributed by atoms with E-state index in [0.29, 0.717) is 5.56 Å². The zero-order valence-corrected chi connectivity index (χ0v) is 13.5. The predicted octanol–water partition coefficient (Wildman–Crippen LogP) is 2.33. The Bertz CT molecular complexity index is 786. The number of hydrogen-bond donors (Lipinski definition) is 2. The maximum absolute atomic E-state index is 12.0. The summed E-state index contributed by atoms with van der Waals surface area (Å²) in [6.07, 6.45) is 2.52. The number of amides is 1. The van der Waals surface area contributed by atoms with E-state index in [0.717, 1.165) is 6.21 Å². The molecule has 1 aromatic carbocycles. The third-order valence-electron chi connectivity index (χ3n) is 3.05. The van der Waals surface area contributed by atoms with Gasteiger partial charge >= 0.3 is 5.97 Å². The molecule has 2 N–H and O–H groups in total. The third kappa shape index (κ3) is 5.00. The highest BCUT2D eigenvalue weighted by Gasteiger charge is 2.16. The zero-order chi connectivity index (χ0) is 18.1. The van der Waals surface area contributed by atoms with Crippen molar-refractivity contribution in [3.63, 3.8) is 0 Å². The highest BCUT2D eigenvalue weighted by Crippen LogP contribution is 2.15. The molecule has 0 saturated heterocycles. The van der Waals surface area contributed by atoms with Crippen LogP contribution in [0.1, 0.15) is 23.0 Å². The molecule has 0 radical (unpaired) electrons. The van der Waals surface area contributed by atoms with E-state index in [1.807, 2.05) is 0 Å². The summed E-state index contributed by atoms with van der Waals surface area (Å²) >= 11 is 0. The Kier molecular flexibility index (Phi) is 6.41. The van der Waals surface area contributed by atoms with E-state index in [1.165, 1.54) is 12.3 Å². The summed E-state index contributed by atoms with van der Waals surface area (Å²) in [6.45, 7) is 1.79. The van der Waals surface area contributed by atoms with Crippen molar-refractivity contribution < 1.29 is 19.4 Å². The Morgan fingerprint density at radius 1 is 1.20 bits per heavy atom.